The third-order valence-corrected chi connectivity index (χ3v) is 7.26. The molecule has 7 nitrogen and oxygen atoms in total. The minimum Gasteiger partial charge on any atom is -0.444 e. The second-order valence-corrected chi connectivity index (χ2v) is 12.4. The maximum atomic E-state index is 14.4. The fraction of sp³-hybridized carbons (Fsp3) is 0.531. The average molecular weight is 536 g/mol. The molecule has 1 fully saturated rings. The molecule has 0 heterocycles. The number of anilines is 1. The van der Waals surface area contributed by atoms with Crippen LogP contribution in [0.15, 0.2) is 36.4 Å². The predicted octanol–water partition coefficient (Wildman–Crippen LogP) is 6.39. The molecule has 0 saturated heterocycles. The van der Waals surface area contributed by atoms with Crippen LogP contribution in [0.2, 0.25) is 0 Å². The summed E-state index contributed by atoms with van der Waals surface area (Å²) < 4.78 is 5.48. The number of hydrogen-bond donors (Lipinski definition) is 2. The zero-order chi connectivity index (χ0) is 29.2. The van der Waals surface area contributed by atoms with Crippen LogP contribution in [0.1, 0.15) is 81.8 Å². The summed E-state index contributed by atoms with van der Waals surface area (Å²) in [4.78, 5) is 43.1. The van der Waals surface area contributed by atoms with Gasteiger partial charge in [0, 0.05) is 11.7 Å². The Morgan fingerprint density at radius 2 is 1.56 bits per heavy atom. The van der Waals surface area contributed by atoms with Crippen molar-refractivity contribution < 1.29 is 19.1 Å². The van der Waals surface area contributed by atoms with Gasteiger partial charge in [-0.05, 0) is 89.0 Å². The van der Waals surface area contributed by atoms with E-state index in [2.05, 4.69) is 17.6 Å². The number of nitrogens with zero attached hydrogens (tertiary/aromatic N) is 1. The Morgan fingerprint density at radius 1 is 0.974 bits per heavy atom. The van der Waals surface area contributed by atoms with Gasteiger partial charge < -0.3 is 20.3 Å². The maximum Gasteiger partial charge on any atom is 0.408 e. The monoisotopic (exact) mass is 535 g/mol. The van der Waals surface area contributed by atoms with Crippen LogP contribution in [0, 0.1) is 39.5 Å². The van der Waals surface area contributed by atoms with Gasteiger partial charge in [0.25, 0.3) is 5.91 Å². The Morgan fingerprint density at radius 3 is 2.05 bits per heavy atom. The summed E-state index contributed by atoms with van der Waals surface area (Å²) in [5.41, 5.74) is 4.74. The number of amides is 3. The summed E-state index contributed by atoms with van der Waals surface area (Å²) in [7, 11) is 0. The van der Waals surface area contributed by atoms with Gasteiger partial charge >= 0.3 is 6.09 Å². The van der Waals surface area contributed by atoms with Crippen LogP contribution < -0.4 is 10.6 Å². The van der Waals surface area contributed by atoms with Gasteiger partial charge in [0.2, 0.25) is 5.91 Å². The van der Waals surface area contributed by atoms with Gasteiger partial charge in [0.1, 0.15) is 17.7 Å². The normalized spacial score (nSPS) is 18.2. The summed E-state index contributed by atoms with van der Waals surface area (Å²) >= 11 is 0. The molecule has 0 spiro atoms. The standard InChI is InChI=1S/C32H45N3O4/c1-18(2)26(34-31(38)39-32(8,9)10)30(37)35(25-17-23(25)7)28(24-15-14-19(3)16-22(24)6)29(36)33-27-20(4)12-11-13-21(27)5/h11-16,18,23,25-26,28H,17H2,1-10H3,(H,33,36)(H,34,38). The number of carbonyl (C=O) groups excluding carboxylic acids is 3. The number of rotatable bonds is 8. The van der Waals surface area contributed by atoms with Gasteiger partial charge in [-0.3, -0.25) is 9.59 Å². The molecule has 4 unspecified atom stereocenters. The van der Waals surface area contributed by atoms with Crippen molar-refractivity contribution in [1.29, 1.82) is 0 Å². The molecule has 0 aromatic heterocycles. The van der Waals surface area contributed by atoms with Gasteiger partial charge in [0.15, 0.2) is 0 Å². The molecule has 1 aliphatic rings. The van der Waals surface area contributed by atoms with Crippen molar-refractivity contribution in [2.75, 3.05) is 5.32 Å². The topological polar surface area (TPSA) is 87.7 Å². The number of carbonyl (C=O) groups is 3. The van der Waals surface area contributed by atoms with Crippen LogP contribution in [0.4, 0.5) is 10.5 Å². The van der Waals surface area contributed by atoms with Crippen LogP contribution in [-0.2, 0) is 14.3 Å². The van der Waals surface area contributed by atoms with E-state index in [1.807, 2.05) is 77.9 Å². The first kappa shape index (κ1) is 30.2. The lowest BCUT2D eigenvalue weighted by molar-refractivity contribution is -0.142. The molecule has 3 rings (SSSR count). The molecule has 4 atom stereocenters. The lowest BCUT2D eigenvalue weighted by Crippen LogP contribution is -2.55. The molecule has 2 aromatic carbocycles. The second kappa shape index (κ2) is 11.8. The molecule has 0 radical (unpaired) electrons. The van der Waals surface area contributed by atoms with E-state index in [1.165, 1.54) is 0 Å². The summed E-state index contributed by atoms with van der Waals surface area (Å²) in [5, 5.41) is 5.95. The number of ether oxygens (including phenoxy) is 1. The lowest BCUT2D eigenvalue weighted by atomic mass is 9.94. The molecule has 212 valence electrons. The van der Waals surface area contributed by atoms with E-state index >= 15 is 0 Å². The molecule has 2 N–H and O–H groups in total. The van der Waals surface area contributed by atoms with Gasteiger partial charge in [-0.2, -0.15) is 0 Å². The zero-order valence-electron chi connectivity index (χ0n) is 25.1. The van der Waals surface area contributed by atoms with E-state index in [0.717, 1.165) is 39.9 Å². The SMILES string of the molecule is Cc1ccc(C(C(=O)Nc2c(C)cccc2C)N(C(=O)C(NC(=O)OC(C)(C)C)C(C)C)C2CC2C)c(C)c1. The predicted molar refractivity (Wildman–Crippen MR) is 156 cm³/mol. The third kappa shape index (κ3) is 7.40. The van der Waals surface area contributed by atoms with Crippen molar-refractivity contribution in [2.24, 2.45) is 11.8 Å². The number of para-hydroxylation sites is 1. The number of alkyl carbamates (subject to hydrolysis) is 1. The Hall–Kier alpha value is -3.35. The smallest absolute Gasteiger partial charge is 0.408 e. The van der Waals surface area contributed by atoms with Crippen LogP contribution in [0.25, 0.3) is 0 Å². The molecule has 39 heavy (non-hydrogen) atoms. The number of hydrogen-bond acceptors (Lipinski definition) is 4. The first-order chi connectivity index (χ1) is 18.1. The lowest BCUT2D eigenvalue weighted by Gasteiger charge is -2.37. The van der Waals surface area contributed by atoms with Crippen molar-refractivity contribution >= 4 is 23.6 Å². The number of nitrogens with one attached hydrogen (secondary N) is 2. The first-order valence-electron chi connectivity index (χ1n) is 13.9. The van der Waals surface area contributed by atoms with Gasteiger partial charge in [-0.15, -0.1) is 0 Å². The fourth-order valence-corrected chi connectivity index (χ4v) is 5.03. The van der Waals surface area contributed by atoms with Crippen LogP contribution >= 0.6 is 0 Å². The minimum atomic E-state index is -0.867. The molecule has 1 saturated carbocycles. The summed E-state index contributed by atoms with van der Waals surface area (Å²) in [6, 6.07) is 9.99. The molecule has 3 amide bonds. The van der Waals surface area contributed by atoms with Crippen molar-refractivity contribution in [1.82, 2.24) is 10.2 Å². The largest absolute Gasteiger partial charge is 0.444 e. The Labute approximate surface area is 233 Å². The molecular formula is C32H45N3O4. The summed E-state index contributed by atoms with van der Waals surface area (Å²) in [5.74, 6) is -0.536. The van der Waals surface area contributed by atoms with Crippen molar-refractivity contribution in [3.63, 3.8) is 0 Å². The highest BCUT2D eigenvalue weighted by Crippen LogP contribution is 2.42. The molecular weight excluding hydrogens is 490 g/mol. The summed E-state index contributed by atoms with van der Waals surface area (Å²) in [6.07, 6.45) is 0.141. The fourth-order valence-electron chi connectivity index (χ4n) is 5.03. The Bertz CT molecular complexity index is 1210. The van der Waals surface area contributed by atoms with Gasteiger partial charge in [-0.25, -0.2) is 4.79 Å². The minimum absolute atomic E-state index is 0.117. The Kier molecular flexibility index (Phi) is 9.14. The maximum absolute atomic E-state index is 14.4. The van der Waals surface area contributed by atoms with Crippen molar-refractivity contribution in [3.8, 4) is 0 Å². The number of benzene rings is 2. The molecule has 2 aromatic rings. The van der Waals surface area contributed by atoms with E-state index in [0.29, 0.717) is 0 Å². The van der Waals surface area contributed by atoms with E-state index < -0.39 is 23.8 Å². The van der Waals surface area contributed by atoms with Crippen LogP contribution in [-0.4, -0.2) is 40.5 Å². The number of aryl methyl sites for hydroxylation is 4. The zero-order valence-corrected chi connectivity index (χ0v) is 25.1. The van der Waals surface area contributed by atoms with Gasteiger partial charge in [0.05, 0.1) is 0 Å². The highest BCUT2D eigenvalue weighted by Gasteiger charge is 2.49. The second-order valence-electron chi connectivity index (χ2n) is 12.4. The first-order valence-corrected chi connectivity index (χ1v) is 13.9. The highest BCUT2D eigenvalue weighted by molar-refractivity contribution is 6.00. The van der Waals surface area contributed by atoms with E-state index in [1.54, 1.807) is 25.7 Å². The molecule has 1 aliphatic carbocycles. The van der Waals surface area contributed by atoms with E-state index in [9.17, 15) is 14.4 Å². The van der Waals surface area contributed by atoms with E-state index in [-0.39, 0.29) is 29.7 Å². The third-order valence-electron chi connectivity index (χ3n) is 7.26. The Balaban J connectivity index is 2.09. The van der Waals surface area contributed by atoms with E-state index in [4.69, 9.17) is 4.74 Å². The molecule has 7 heteroatoms. The average Bonchev–Trinajstić information content (AvgIpc) is 3.52. The highest BCUT2D eigenvalue weighted by atomic mass is 16.6. The van der Waals surface area contributed by atoms with Crippen molar-refractivity contribution in [3.05, 3.63) is 64.2 Å². The van der Waals surface area contributed by atoms with Gasteiger partial charge in [-0.1, -0.05) is 62.7 Å². The van der Waals surface area contributed by atoms with Crippen LogP contribution in [0.5, 0.6) is 0 Å². The molecule has 0 aliphatic heterocycles. The summed E-state index contributed by atoms with van der Waals surface area (Å²) in [6.45, 7) is 19.1. The quantitative estimate of drug-likeness (QED) is 0.410. The van der Waals surface area contributed by atoms with Crippen molar-refractivity contribution in [2.45, 2.75) is 99.4 Å². The van der Waals surface area contributed by atoms with Crippen LogP contribution in [0.3, 0.4) is 0 Å². The molecule has 0 bridgehead atoms.